The third-order valence-electron chi connectivity index (χ3n) is 4.84. The lowest BCUT2D eigenvalue weighted by atomic mass is 10.1. The molecule has 0 fully saturated rings. The summed E-state index contributed by atoms with van der Waals surface area (Å²) >= 11 is 1.25. The number of amides is 2. The third kappa shape index (κ3) is 3.81. The molecule has 3 aromatic rings. The van der Waals surface area contributed by atoms with Crippen LogP contribution in [0.3, 0.4) is 0 Å². The van der Waals surface area contributed by atoms with Gasteiger partial charge >= 0.3 is 12.0 Å². The summed E-state index contributed by atoms with van der Waals surface area (Å²) in [6, 6.07) is 6.85. The highest BCUT2D eigenvalue weighted by Gasteiger charge is 2.41. The van der Waals surface area contributed by atoms with Crippen molar-refractivity contribution in [1.29, 1.82) is 0 Å². The third-order valence-corrected chi connectivity index (χ3v) is 7.81. The van der Waals surface area contributed by atoms with Gasteiger partial charge in [-0.3, -0.25) is 9.69 Å². The van der Waals surface area contributed by atoms with E-state index in [1.807, 2.05) is 24.3 Å². The average Bonchev–Trinajstić information content (AvgIpc) is 3.39. The first-order chi connectivity index (χ1) is 14.9. The molecular formula is C20H19N3O6S2. The van der Waals surface area contributed by atoms with Crippen molar-refractivity contribution in [2.45, 2.75) is 18.2 Å². The maximum Gasteiger partial charge on any atom is 0.337 e. The molecule has 2 amide bonds. The van der Waals surface area contributed by atoms with Crippen LogP contribution in [0.5, 0.6) is 5.75 Å². The second-order valence-corrected chi connectivity index (χ2v) is 9.05. The number of nitrogens with zero attached hydrogens (tertiary/aromatic N) is 3. The van der Waals surface area contributed by atoms with E-state index in [9.17, 15) is 18.9 Å². The van der Waals surface area contributed by atoms with Crippen molar-refractivity contribution in [3.8, 4) is 16.5 Å². The normalized spacial score (nSPS) is 15.8. The van der Waals surface area contributed by atoms with Crippen molar-refractivity contribution >= 4 is 39.3 Å². The Hall–Kier alpha value is -3.18. The quantitative estimate of drug-likeness (QED) is 0.574. The van der Waals surface area contributed by atoms with Crippen LogP contribution < -0.4 is 9.64 Å². The van der Waals surface area contributed by atoms with Crippen LogP contribution in [-0.2, 0) is 22.2 Å². The maximum atomic E-state index is 13.1. The summed E-state index contributed by atoms with van der Waals surface area (Å²) in [5.41, 5.74) is 1.54. The van der Waals surface area contributed by atoms with E-state index in [1.54, 1.807) is 14.0 Å². The van der Waals surface area contributed by atoms with Gasteiger partial charge in [0.05, 0.1) is 23.1 Å². The number of ether oxygens (including phenoxy) is 1. The van der Waals surface area contributed by atoms with Gasteiger partial charge in [-0.15, -0.1) is 11.3 Å². The molecule has 0 aliphatic carbocycles. The van der Waals surface area contributed by atoms with Crippen molar-refractivity contribution in [1.82, 2.24) is 9.29 Å². The molecule has 1 N–H and O–H groups in total. The summed E-state index contributed by atoms with van der Waals surface area (Å²) in [6.45, 7) is 1.35. The number of carboxylic acids is 1. The molecular weight excluding hydrogens is 442 g/mol. The Bertz CT molecular complexity index is 1160. The van der Waals surface area contributed by atoms with Crippen LogP contribution in [0.2, 0.25) is 0 Å². The number of para-hydroxylation sites is 1. The fourth-order valence-electron chi connectivity index (χ4n) is 3.40. The van der Waals surface area contributed by atoms with Crippen molar-refractivity contribution in [3.05, 3.63) is 47.9 Å². The minimum atomic E-state index is -1.95. The number of fused-ring (bicyclic) bond motifs is 1. The van der Waals surface area contributed by atoms with Gasteiger partial charge in [-0.05, 0) is 30.5 Å². The van der Waals surface area contributed by atoms with Crippen LogP contribution in [0, 0.1) is 6.92 Å². The fourth-order valence-corrected chi connectivity index (χ4v) is 6.27. The number of methoxy groups -OCH3 is 1. The van der Waals surface area contributed by atoms with E-state index in [4.69, 9.17) is 9.15 Å². The molecule has 9 nitrogen and oxygen atoms in total. The second-order valence-electron chi connectivity index (χ2n) is 6.70. The molecule has 0 radical (unpaired) electrons. The van der Waals surface area contributed by atoms with Gasteiger partial charge in [-0.1, -0.05) is 18.2 Å². The summed E-state index contributed by atoms with van der Waals surface area (Å²) < 4.78 is 24.8. The molecule has 4 rings (SSSR count). The van der Waals surface area contributed by atoms with E-state index in [0.29, 0.717) is 38.4 Å². The molecule has 0 bridgehead atoms. The number of aromatic nitrogens is 1. The zero-order valence-electron chi connectivity index (χ0n) is 16.7. The lowest BCUT2D eigenvalue weighted by Crippen LogP contribution is -2.50. The Morgan fingerprint density at radius 2 is 2.13 bits per heavy atom. The van der Waals surface area contributed by atoms with E-state index in [2.05, 4.69) is 4.98 Å². The number of hydrogen-bond acceptors (Lipinski definition) is 7. The van der Waals surface area contributed by atoms with Crippen LogP contribution in [0.1, 0.15) is 11.1 Å². The standard InChI is InChI=1S/C20H19N3O6S2/c1-12-16(18-21-8-10-29-18)30-19-17(12)31(27)23(11-15(24)25)20(26)22(19)9-7-13-5-3-4-6-14(13)28-2/h3-6,8,10H,7,9,11H2,1-2H3,(H,24,25). The van der Waals surface area contributed by atoms with Crippen LogP contribution in [0.25, 0.3) is 10.8 Å². The number of hydrogen-bond donors (Lipinski definition) is 1. The minimum absolute atomic E-state index is 0.254. The molecule has 162 valence electrons. The number of oxazole rings is 1. The molecule has 2 aromatic heterocycles. The van der Waals surface area contributed by atoms with E-state index >= 15 is 0 Å². The highest BCUT2D eigenvalue weighted by atomic mass is 32.2. The number of urea groups is 1. The Morgan fingerprint density at radius 1 is 1.35 bits per heavy atom. The summed E-state index contributed by atoms with van der Waals surface area (Å²) in [4.78, 5) is 31.2. The number of aliphatic carboxylic acids is 1. The predicted octanol–water partition coefficient (Wildman–Crippen LogP) is 3.31. The van der Waals surface area contributed by atoms with Gasteiger partial charge < -0.3 is 14.3 Å². The molecule has 1 aliphatic heterocycles. The highest BCUT2D eigenvalue weighted by Crippen LogP contribution is 2.46. The molecule has 1 aromatic carbocycles. The number of thiophene rings is 1. The summed E-state index contributed by atoms with van der Waals surface area (Å²) in [5, 5.41) is 9.76. The summed E-state index contributed by atoms with van der Waals surface area (Å²) in [5.74, 6) is -0.188. The van der Waals surface area contributed by atoms with E-state index in [1.165, 1.54) is 28.7 Å². The monoisotopic (exact) mass is 461 g/mol. The first kappa shape index (κ1) is 21.1. The molecule has 1 aliphatic rings. The van der Waals surface area contributed by atoms with Gasteiger partial charge in [0, 0.05) is 6.54 Å². The first-order valence-corrected chi connectivity index (χ1v) is 11.2. The van der Waals surface area contributed by atoms with E-state index in [-0.39, 0.29) is 6.54 Å². The lowest BCUT2D eigenvalue weighted by Gasteiger charge is -2.33. The van der Waals surface area contributed by atoms with Crippen molar-refractivity contribution < 1.29 is 28.1 Å². The number of benzene rings is 1. The molecule has 1 atom stereocenters. The SMILES string of the molecule is COc1ccccc1CCN1C(=O)N(CC(=O)O)S(=O)c2c1sc(-c1ncco1)c2C. The van der Waals surface area contributed by atoms with Crippen molar-refractivity contribution in [3.63, 3.8) is 0 Å². The van der Waals surface area contributed by atoms with Crippen molar-refractivity contribution in [2.24, 2.45) is 0 Å². The van der Waals surface area contributed by atoms with E-state index in [0.717, 1.165) is 9.87 Å². The predicted molar refractivity (Wildman–Crippen MR) is 115 cm³/mol. The highest BCUT2D eigenvalue weighted by molar-refractivity contribution is 7.84. The van der Waals surface area contributed by atoms with Gasteiger partial charge in [0.2, 0.25) is 5.89 Å². The molecule has 0 saturated heterocycles. The second kappa shape index (κ2) is 8.52. The van der Waals surface area contributed by atoms with E-state index < -0.39 is 29.5 Å². The van der Waals surface area contributed by atoms with Gasteiger partial charge in [0.15, 0.2) is 11.0 Å². The number of carboxylic acid groups (broad SMARTS) is 1. The van der Waals surface area contributed by atoms with Gasteiger partial charge in [0.25, 0.3) is 0 Å². The Balaban J connectivity index is 1.76. The largest absolute Gasteiger partial charge is 0.496 e. The van der Waals surface area contributed by atoms with Crippen LogP contribution in [0.4, 0.5) is 9.80 Å². The first-order valence-electron chi connectivity index (χ1n) is 9.30. The molecule has 3 heterocycles. The van der Waals surface area contributed by atoms with Crippen molar-refractivity contribution in [2.75, 3.05) is 25.1 Å². The smallest absolute Gasteiger partial charge is 0.337 e. The number of carbonyl (C=O) groups is 2. The van der Waals surface area contributed by atoms with Crippen LogP contribution >= 0.6 is 11.3 Å². The molecule has 11 heteroatoms. The lowest BCUT2D eigenvalue weighted by molar-refractivity contribution is -0.136. The van der Waals surface area contributed by atoms with Gasteiger partial charge in [0.1, 0.15) is 23.6 Å². The van der Waals surface area contributed by atoms with Crippen LogP contribution in [-0.4, -0.2) is 50.8 Å². The van der Waals surface area contributed by atoms with Gasteiger partial charge in [-0.2, -0.15) is 0 Å². The zero-order valence-corrected chi connectivity index (χ0v) is 18.4. The molecule has 0 spiro atoms. The fraction of sp³-hybridized carbons (Fsp3) is 0.250. The summed E-state index contributed by atoms with van der Waals surface area (Å²) in [6.07, 6.45) is 3.41. The maximum absolute atomic E-state index is 13.1. The van der Waals surface area contributed by atoms with Gasteiger partial charge in [-0.25, -0.2) is 18.3 Å². The topological polar surface area (TPSA) is 113 Å². The Labute approximate surface area is 184 Å². The molecule has 1 unspecified atom stereocenters. The average molecular weight is 462 g/mol. The summed E-state index contributed by atoms with van der Waals surface area (Å²) in [7, 11) is -0.378. The minimum Gasteiger partial charge on any atom is -0.496 e. The molecule has 31 heavy (non-hydrogen) atoms. The zero-order chi connectivity index (χ0) is 22.1. The Kier molecular flexibility index (Phi) is 5.79. The van der Waals surface area contributed by atoms with Crippen LogP contribution in [0.15, 0.2) is 46.0 Å². The number of rotatable bonds is 7. The number of carbonyl (C=O) groups excluding carboxylic acids is 1. The molecule has 0 saturated carbocycles. The Morgan fingerprint density at radius 3 is 2.81 bits per heavy atom. The number of anilines is 1.